The van der Waals surface area contributed by atoms with Gasteiger partial charge in [0.15, 0.2) is 0 Å². The van der Waals surface area contributed by atoms with E-state index in [0.29, 0.717) is 28.9 Å². The van der Waals surface area contributed by atoms with Crippen LogP contribution in [0.3, 0.4) is 0 Å². The molecule has 2 fully saturated rings. The van der Waals surface area contributed by atoms with Crippen LogP contribution in [0.4, 0.5) is 0 Å². The number of aromatic hydroxyl groups is 1. The molecule has 6 atom stereocenters. The molecule has 31 heavy (non-hydrogen) atoms. The number of rotatable bonds is 8. The zero-order valence-corrected chi connectivity index (χ0v) is 20.8. The monoisotopic (exact) mass is 426 g/mol. The largest absolute Gasteiger partial charge is 0.508 e. The molecule has 2 saturated carbocycles. The van der Waals surface area contributed by atoms with Crippen molar-refractivity contribution in [1.29, 1.82) is 0 Å². The SMILES string of the molecule is CC=C(CCC(C)C1CCC2C(CCc3cc(O)ccc3C)C(O)CCC12C)C(C)C. The van der Waals surface area contributed by atoms with Crippen molar-refractivity contribution in [3.63, 3.8) is 0 Å². The van der Waals surface area contributed by atoms with Gasteiger partial charge in [-0.1, -0.05) is 45.4 Å². The second kappa shape index (κ2) is 10.1. The standard InChI is InChI=1S/C29H46O2/c1-7-22(19(2)3)10-8-21(5)26-14-15-27-25(28(31)16-17-29(26,27)6)13-11-23-18-24(30)12-9-20(23)4/h7,9,12,18-19,21,25-28,30-31H,8,10-11,13-17H2,1-6H3. The number of fused-ring (bicyclic) bond motifs is 1. The summed E-state index contributed by atoms with van der Waals surface area (Å²) in [5.41, 5.74) is 4.44. The Morgan fingerprint density at radius 3 is 2.61 bits per heavy atom. The molecule has 0 saturated heterocycles. The van der Waals surface area contributed by atoms with Crippen molar-refractivity contribution in [3.05, 3.63) is 41.0 Å². The minimum Gasteiger partial charge on any atom is -0.508 e. The molecule has 0 bridgehead atoms. The number of benzene rings is 1. The first-order valence-electron chi connectivity index (χ1n) is 12.8. The van der Waals surface area contributed by atoms with E-state index in [1.54, 1.807) is 11.6 Å². The Hall–Kier alpha value is -1.28. The quantitative estimate of drug-likeness (QED) is 0.424. The van der Waals surface area contributed by atoms with E-state index in [9.17, 15) is 10.2 Å². The van der Waals surface area contributed by atoms with Gasteiger partial charge in [0.1, 0.15) is 5.75 Å². The van der Waals surface area contributed by atoms with Gasteiger partial charge in [0, 0.05) is 0 Å². The summed E-state index contributed by atoms with van der Waals surface area (Å²) < 4.78 is 0. The lowest BCUT2D eigenvalue weighted by molar-refractivity contribution is -0.0527. The predicted octanol–water partition coefficient (Wildman–Crippen LogP) is 7.46. The summed E-state index contributed by atoms with van der Waals surface area (Å²) in [4.78, 5) is 0. The van der Waals surface area contributed by atoms with Crippen LogP contribution in [0.25, 0.3) is 0 Å². The number of aryl methyl sites for hydroxylation is 2. The Kier molecular flexibility index (Phi) is 7.95. The number of phenolic OH excluding ortho intramolecular Hbond substituents is 1. The van der Waals surface area contributed by atoms with Gasteiger partial charge in [-0.2, -0.15) is 0 Å². The van der Waals surface area contributed by atoms with E-state index in [2.05, 4.69) is 47.6 Å². The van der Waals surface area contributed by atoms with Gasteiger partial charge in [-0.15, -0.1) is 0 Å². The third-order valence-corrected chi connectivity index (χ3v) is 9.24. The summed E-state index contributed by atoms with van der Waals surface area (Å²) in [5, 5.41) is 20.9. The molecule has 0 aromatic heterocycles. The van der Waals surface area contributed by atoms with Crippen molar-refractivity contribution >= 4 is 0 Å². The van der Waals surface area contributed by atoms with Crippen molar-refractivity contribution < 1.29 is 10.2 Å². The van der Waals surface area contributed by atoms with E-state index >= 15 is 0 Å². The van der Waals surface area contributed by atoms with E-state index < -0.39 is 0 Å². The van der Waals surface area contributed by atoms with Crippen molar-refractivity contribution in [1.82, 2.24) is 0 Å². The highest BCUT2D eigenvalue weighted by Crippen LogP contribution is 2.60. The summed E-state index contributed by atoms with van der Waals surface area (Å²) in [6, 6.07) is 5.69. The normalized spacial score (nSPS) is 32.3. The Morgan fingerprint density at radius 1 is 1.19 bits per heavy atom. The molecule has 2 nitrogen and oxygen atoms in total. The molecule has 0 aliphatic heterocycles. The van der Waals surface area contributed by atoms with Crippen molar-refractivity contribution in [2.75, 3.05) is 0 Å². The van der Waals surface area contributed by atoms with Gasteiger partial charge < -0.3 is 10.2 Å². The second-order valence-corrected chi connectivity index (χ2v) is 11.2. The molecule has 2 N–H and O–H groups in total. The molecule has 0 amide bonds. The van der Waals surface area contributed by atoms with Crippen LogP contribution in [-0.4, -0.2) is 16.3 Å². The van der Waals surface area contributed by atoms with Gasteiger partial charge in [0.2, 0.25) is 0 Å². The number of allylic oxidation sites excluding steroid dienone is 2. The van der Waals surface area contributed by atoms with Gasteiger partial charge in [-0.25, -0.2) is 0 Å². The lowest BCUT2D eigenvalue weighted by Gasteiger charge is -2.49. The van der Waals surface area contributed by atoms with Crippen molar-refractivity contribution in [3.8, 4) is 5.75 Å². The number of aliphatic hydroxyl groups excluding tert-OH is 1. The molecule has 0 radical (unpaired) electrons. The minimum absolute atomic E-state index is 0.166. The van der Waals surface area contributed by atoms with E-state index in [4.69, 9.17) is 0 Å². The molecular formula is C29H46O2. The molecule has 1 aromatic rings. The fourth-order valence-corrected chi connectivity index (χ4v) is 7.25. The summed E-state index contributed by atoms with van der Waals surface area (Å²) in [6.45, 7) is 14.0. The van der Waals surface area contributed by atoms with Crippen LogP contribution in [0, 0.1) is 41.9 Å². The van der Waals surface area contributed by atoms with Gasteiger partial charge in [-0.3, -0.25) is 0 Å². The van der Waals surface area contributed by atoms with Crippen LogP contribution < -0.4 is 0 Å². The average Bonchev–Trinajstić information content (AvgIpc) is 3.07. The molecule has 0 heterocycles. The molecule has 2 aliphatic carbocycles. The smallest absolute Gasteiger partial charge is 0.115 e. The summed E-state index contributed by atoms with van der Waals surface area (Å²) >= 11 is 0. The topological polar surface area (TPSA) is 40.5 Å². The van der Waals surface area contributed by atoms with Crippen LogP contribution in [0.15, 0.2) is 29.8 Å². The number of hydrogen-bond donors (Lipinski definition) is 2. The molecule has 3 rings (SSSR count). The molecule has 1 aromatic carbocycles. The Balaban J connectivity index is 1.68. The molecule has 0 spiro atoms. The third-order valence-electron chi connectivity index (χ3n) is 9.24. The number of aliphatic hydroxyl groups is 1. The van der Waals surface area contributed by atoms with E-state index in [1.165, 1.54) is 43.2 Å². The Labute approximate surface area is 191 Å². The van der Waals surface area contributed by atoms with Gasteiger partial charge in [0.25, 0.3) is 0 Å². The minimum atomic E-state index is -0.166. The zero-order valence-electron chi connectivity index (χ0n) is 20.8. The zero-order chi connectivity index (χ0) is 22.8. The van der Waals surface area contributed by atoms with E-state index in [1.807, 2.05) is 12.1 Å². The van der Waals surface area contributed by atoms with Crippen LogP contribution in [0.5, 0.6) is 5.75 Å². The number of hydrogen-bond acceptors (Lipinski definition) is 2. The fourth-order valence-electron chi connectivity index (χ4n) is 7.25. The maximum atomic E-state index is 11.0. The molecule has 174 valence electrons. The lowest BCUT2D eigenvalue weighted by atomic mass is 9.57. The highest BCUT2D eigenvalue weighted by molar-refractivity contribution is 5.34. The fraction of sp³-hybridized carbons (Fsp3) is 0.724. The van der Waals surface area contributed by atoms with Crippen LogP contribution >= 0.6 is 0 Å². The first-order valence-corrected chi connectivity index (χ1v) is 12.8. The summed E-state index contributed by atoms with van der Waals surface area (Å²) in [6.07, 6.45) is 11.4. The predicted molar refractivity (Wildman–Crippen MR) is 131 cm³/mol. The second-order valence-electron chi connectivity index (χ2n) is 11.2. The molecular weight excluding hydrogens is 380 g/mol. The summed E-state index contributed by atoms with van der Waals surface area (Å²) in [7, 11) is 0. The highest BCUT2D eigenvalue weighted by atomic mass is 16.3. The maximum absolute atomic E-state index is 11.0. The van der Waals surface area contributed by atoms with Crippen molar-refractivity contribution in [2.24, 2.45) is 35.0 Å². The highest BCUT2D eigenvalue weighted by Gasteiger charge is 2.54. The first-order chi connectivity index (χ1) is 14.7. The Bertz CT molecular complexity index is 764. The van der Waals surface area contributed by atoms with Crippen molar-refractivity contribution in [2.45, 2.75) is 99.0 Å². The lowest BCUT2D eigenvalue weighted by Crippen LogP contribution is -2.45. The van der Waals surface area contributed by atoms with Gasteiger partial charge in [-0.05, 0) is 123 Å². The van der Waals surface area contributed by atoms with Gasteiger partial charge >= 0.3 is 0 Å². The maximum Gasteiger partial charge on any atom is 0.115 e. The first kappa shape index (κ1) is 24.4. The molecule has 2 heteroatoms. The molecule has 2 aliphatic rings. The van der Waals surface area contributed by atoms with Gasteiger partial charge in [0.05, 0.1) is 6.10 Å². The van der Waals surface area contributed by atoms with E-state index in [-0.39, 0.29) is 6.10 Å². The van der Waals surface area contributed by atoms with Crippen LogP contribution in [0.2, 0.25) is 0 Å². The van der Waals surface area contributed by atoms with Crippen LogP contribution in [0.1, 0.15) is 90.7 Å². The number of phenols is 1. The average molecular weight is 427 g/mol. The molecule has 6 unspecified atom stereocenters. The van der Waals surface area contributed by atoms with Crippen LogP contribution in [-0.2, 0) is 6.42 Å². The Morgan fingerprint density at radius 2 is 1.94 bits per heavy atom. The third kappa shape index (κ3) is 5.21. The summed E-state index contributed by atoms with van der Waals surface area (Å²) in [5.74, 6) is 3.55. The van der Waals surface area contributed by atoms with E-state index in [0.717, 1.165) is 31.1 Å².